The van der Waals surface area contributed by atoms with E-state index >= 15 is 0 Å². The number of aliphatic hydroxyl groups excluding tert-OH is 1. The third-order valence-electron chi connectivity index (χ3n) is 3.73. The lowest BCUT2D eigenvalue weighted by Gasteiger charge is -2.26. The Hall–Kier alpha value is -2.45. The highest BCUT2D eigenvalue weighted by molar-refractivity contribution is 5.50. The molecule has 106 valence electrons. The van der Waals surface area contributed by atoms with Gasteiger partial charge in [0.2, 0.25) is 0 Å². The summed E-state index contributed by atoms with van der Waals surface area (Å²) in [6, 6.07) is 11.8. The van der Waals surface area contributed by atoms with Crippen LogP contribution in [0.25, 0.3) is 0 Å². The molecule has 1 aromatic carbocycles. The maximum atomic E-state index is 13.1. The second-order valence-corrected chi connectivity index (χ2v) is 5.12. The number of aromatic nitrogens is 1. The van der Waals surface area contributed by atoms with Crippen molar-refractivity contribution < 1.29 is 9.50 Å². The smallest absolute Gasteiger partial charge is 0.140 e. The number of nitriles is 1. The van der Waals surface area contributed by atoms with E-state index in [0.717, 1.165) is 11.3 Å². The molecular formula is C16H14FN3O. The Bertz CT molecular complexity index is 663. The molecule has 0 bridgehead atoms. The lowest BCUT2D eigenvalue weighted by Crippen LogP contribution is -2.24. The SMILES string of the molecule is N#Cc1ccc(N2C[C@@H](O)C[C@H]2c2ccc(F)cc2)cn1. The van der Waals surface area contributed by atoms with Gasteiger partial charge in [0.25, 0.3) is 0 Å². The van der Waals surface area contributed by atoms with Crippen LogP contribution in [0.15, 0.2) is 42.6 Å². The van der Waals surface area contributed by atoms with E-state index in [4.69, 9.17) is 5.26 Å². The first-order valence-electron chi connectivity index (χ1n) is 6.73. The summed E-state index contributed by atoms with van der Waals surface area (Å²) in [7, 11) is 0. The Balaban J connectivity index is 1.91. The van der Waals surface area contributed by atoms with Crippen LogP contribution in [0, 0.1) is 17.1 Å². The van der Waals surface area contributed by atoms with Gasteiger partial charge in [0.05, 0.1) is 24.0 Å². The molecule has 1 fully saturated rings. The molecule has 1 N–H and O–H groups in total. The highest BCUT2D eigenvalue weighted by Gasteiger charge is 2.32. The van der Waals surface area contributed by atoms with Crippen molar-refractivity contribution in [2.24, 2.45) is 0 Å². The molecule has 21 heavy (non-hydrogen) atoms. The lowest BCUT2D eigenvalue weighted by atomic mass is 10.0. The summed E-state index contributed by atoms with van der Waals surface area (Å²) in [5.41, 5.74) is 2.16. The van der Waals surface area contributed by atoms with Crippen molar-refractivity contribution in [3.8, 4) is 6.07 Å². The second-order valence-electron chi connectivity index (χ2n) is 5.12. The van der Waals surface area contributed by atoms with Crippen LogP contribution in [0.4, 0.5) is 10.1 Å². The van der Waals surface area contributed by atoms with Crippen molar-refractivity contribution in [2.75, 3.05) is 11.4 Å². The minimum atomic E-state index is -0.435. The molecule has 0 spiro atoms. The first-order valence-corrected chi connectivity index (χ1v) is 6.73. The van der Waals surface area contributed by atoms with Gasteiger partial charge in [-0.15, -0.1) is 0 Å². The molecule has 0 aliphatic carbocycles. The predicted octanol–water partition coefficient (Wildman–Crippen LogP) is 2.40. The van der Waals surface area contributed by atoms with Gasteiger partial charge >= 0.3 is 0 Å². The van der Waals surface area contributed by atoms with Gasteiger partial charge in [0, 0.05) is 6.54 Å². The Morgan fingerprint density at radius 3 is 2.62 bits per heavy atom. The summed E-state index contributed by atoms with van der Waals surface area (Å²) < 4.78 is 13.1. The maximum absolute atomic E-state index is 13.1. The Morgan fingerprint density at radius 1 is 1.24 bits per heavy atom. The van der Waals surface area contributed by atoms with E-state index < -0.39 is 6.10 Å². The number of hydrogen-bond acceptors (Lipinski definition) is 4. The van der Waals surface area contributed by atoms with Gasteiger partial charge in [-0.3, -0.25) is 0 Å². The predicted molar refractivity (Wildman–Crippen MR) is 76.1 cm³/mol. The van der Waals surface area contributed by atoms with E-state index in [9.17, 15) is 9.50 Å². The van der Waals surface area contributed by atoms with E-state index in [1.54, 1.807) is 24.4 Å². The number of β-amino-alcohol motifs (C(OH)–C–C–N with tert-alkyl or cyclic N) is 1. The molecule has 1 saturated heterocycles. The highest BCUT2D eigenvalue weighted by atomic mass is 19.1. The van der Waals surface area contributed by atoms with Crippen molar-refractivity contribution in [2.45, 2.75) is 18.6 Å². The Morgan fingerprint density at radius 2 is 2.00 bits per heavy atom. The molecule has 3 rings (SSSR count). The van der Waals surface area contributed by atoms with Crippen molar-refractivity contribution in [1.82, 2.24) is 4.98 Å². The van der Waals surface area contributed by atoms with Gasteiger partial charge in [-0.25, -0.2) is 9.37 Å². The number of hydrogen-bond donors (Lipinski definition) is 1. The van der Waals surface area contributed by atoms with Crippen LogP contribution >= 0.6 is 0 Å². The minimum absolute atomic E-state index is 0.0182. The number of benzene rings is 1. The van der Waals surface area contributed by atoms with Gasteiger partial charge < -0.3 is 10.0 Å². The normalized spacial score (nSPS) is 21.3. The zero-order chi connectivity index (χ0) is 14.8. The van der Waals surface area contributed by atoms with Crippen LogP contribution in [0.5, 0.6) is 0 Å². The molecule has 0 amide bonds. The standard InChI is InChI=1S/C16H14FN3O/c17-12-3-1-11(2-4-12)16-7-15(21)10-20(16)14-6-5-13(8-18)19-9-14/h1-6,9,15-16,21H,7,10H2/t15-,16-/m0/s1. The Kier molecular flexibility index (Phi) is 3.55. The summed E-state index contributed by atoms with van der Waals surface area (Å²) in [5.74, 6) is -0.274. The second kappa shape index (κ2) is 5.51. The van der Waals surface area contributed by atoms with Crippen molar-refractivity contribution in [3.63, 3.8) is 0 Å². The minimum Gasteiger partial charge on any atom is -0.391 e. The number of halogens is 1. The first kappa shape index (κ1) is 13.5. The van der Waals surface area contributed by atoms with E-state index in [-0.39, 0.29) is 11.9 Å². The van der Waals surface area contributed by atoms with Crippen LogP contribution in [-0.2, 0) is 0 Å². The molecule has 0 unspecified atom stereocenters. The summed E-state index contributed by atoms with van der Waals surface area (Å²) in [6.45, 7) is 0.496. The monoisotopic (exact) mass is 283 g/mol. The first-order chi connectivity index (χ1) is 10.2. The molecule has 1 aliphatic heterocycles. The Labute approximate surface area is 122 Å². The molecule has 1 aliphatic rings. The molecule has 0 radical (unpaired) electrons. The van der Waals surface area contributed by atoms with Gasteiger partial charge in [0.1, 0.15) is 17.6 Å². The molecule has 2 atom stereocenters. The number of pyridine rings is 1. The fourth-order valence-corrected chi connectivity index (χ4v) is 2.72. The van der Waals surface area contributed by atoms with Gasteiger partial charge in [-0.1, -0.05) is 12.1 Å². The number of nitrogens with zero attached hydrogens (tertiary/aromatic N) is 3. The van der Waals surface area contributed by atoms with E-state index in [2.05, 4.69) is 4.98 Å². The molecule has 1 aromatic heterocycles. The van der Waals surface area contributed by atoms with E-state index in [1.807, 2.05) is 17.0 Å². The van der Waals surface area contributed by atoms with Gasteiger partial charge in [-0.2, -0.15) is 5.26 Å². The number of aliphatic hydroxyl groups is 1. The molecule has 0 saturated carbocycles. The average molecular weight is 283 g/mol. The lowest BCUT2D eigenvalue weighted by molar-refractivity contribution is 0.194. The summed E-state index contributed by atoms with van der Waals surface area (Å²) in [4.78, 5) is 6.10. The fraction of sp³-hybridized carbons (Fsp3) is 0.250. The molecule has 2 aromatic rings. The topological polar surface area (TPSA) is 60.2 Å². The fourth-order valence-electron chi connectivity index (χ4n) is 2.72. The summed E-state index contributed by atoms with van der Waals surface area (Å²) in [5, 5.41) is 18.7. The van der Waals surface area contributed by atoms with Crippen LogP contribution < -0.4 is 4.90 Å². The molecular weight excluding hydrogens is 269 g/mol. The maximum Gasteiger partial charge on any atom is 0.140 e. The van der Waals surface area contributed by atoms with Crippen molar-refractivity contribution in [1.29, 1.82) is 5.26 Å². The third-order valence-corrected chi connectivity index (χ3v) is 3.73. The number of anilines is 1. The molecule has 5 heteroatoms. The largest absolute Gasteiger partial charge is 0.391 e. The quantitative estimate of drug-likeness (QED) is 0.919. The average Bonchev–Trinajstić information content (AvgIpc) is 2.90. The van der Waals surface area contributed by atoms with E-state index in [1.165, 1.54) is 12.1 Å². The highest BCUT2D eigenvalue weighted by Crippen LogP contribution is 2.36. The van der Waals surface area contributed by atoms with Gasteiger partial charge in [0.15, 0.2) is 0 Å². The van der Waals surface area contributed by atoms with Crippen LogP contribution in [0.1, 0.15) is 23.7 Å². The van der Waals surface area contributed by atoms with Crippen molar-refractivity contribution >= 4 is 5.69 Å². The number of rotatable bonds is 2. The van der Waals surface area contributed by atoms with Crippen LogP contribution in [0.2, 0.25) is 0 Å². The van der Waals surface area contributed by atoms with Crippen LogP contribution in [-0.4, -0.2) is 22.7 Å². The summed E-state index contributed by atoms with van der Waals surface area (Å²) >= 11 is 0. The zero-order valence-electron chi connectivity index (χ0n) is 11.3. The molecule has 2 heterocycles. The summed E-state index contributed by atoms with van der Waals surface area (Å²) in [6.07, 6.45) is 1.79. The molecule has 4 nitrogen and oxygen atoms in total. The van der Waals surface area contributed by atoms with Crippen LogP contribution in [0.3, 0.4) is 0 Å². The van der Waals surface area contributed by atoms with E-state index in [0.29, 0.717) is 18.7 Å². The third kappa shape index (κ3) is 2.71. The van der Waals surface area contributed by atoms with Gasteiger partial charge in [-0.05, 0) is 36.2 Å². The zero-order valence-corrected chi connectivity index (χ0v) is 11.3. The van der Waals surface area contributed by atoms with Crippen molar-refractivity contribution in [3.05, 3.63) is 59.7 Å².